The molecular formula is C14H16FNO2. The molecule has 0 bridgehead atoms. The third-order valence-electron chi connectivity index (χ3n) is 2.84. The van der Waals surface area contributed by atoms with Crippen molar-refractivity contribution in [2.45, 2.75) is 19.1 Å². The van der Waals surface area contributed by atoms with Crippen LogP contribution < -0.4 is 5.32 Å². The van der Waals surface area contributed by atoms with Gasteiger partial charge in [0.2, 0.25) is 0 Å². The van der Waals surface area contributed by atoms with E-state index in [0.29, 0.717) is 12.1 Å². The van der Waals surface area contributed by atoms with E-state index in [2.05, 4.69) is 5.32 Å². The lowest BCUT2D eigenvalue weighted by Crippen LogP contribution is -2.24. The molecule has 1 aromatic carbocycles. The summed E-state index contributed by atoms with van der Waals surface area (Å²) < 4.78 is 18.0. The average Bonchev–Trinajstić information content (AvgIpc) is 2.90. The van der Waals surface area contributed by atoms with E-state index in [1.165, 1.54) is 12.1 Å². The van der Waals surface area contributed by atoms with Crippen molar-refractivity contribution in [3.63, 3.8) is 0 Å². The van der Waals surface area contributed by atoms with Crippen molar-refractivity contribution >= 4 is 0 Å². The molecule has 0 aliphatic carbocycles. The van der Waals surface area contributed by atoms with Crippen LogP contribution in [0.25, 0.3) is 0 Å². The fourth-order valence-electron chi connectivity index (χ4n) is 1.73. The Labute approximate surface area is 105 Å². The lowest BCUT2D eigenvalue weighted by molar-refractivity contribution is 0.169. The first-order chi connectivity index (χ1) is 8.66. The maximum absolute atomic E-state index is 12.7. The number of benzene rings is 1. The van der Waals surface area contributed by atoms with E-state index >= 15 is 0 Å². The molecule has 0 aliphatic heterocycles. The van der Waals surface area contributed by atoms with Crippen LogP contribution in [0.2, 0.25) is 0 Å². The number of halogens is 1. The van der Waals surface area contributed by atoms with Crippen LogP contribution >= 0.6 is 0 Å². The highest BCUT2D eigenvalue weighted by Crippen LogP contribution is 2.16. The van der Waals surface area contributed by atoms with Gasteiger partial charge in [0, 0.05) is 6.54 Å². The molecule has 1 unspecified atom stereocenters. The Kier molecular flexibility index (Phi) is 4.12. The van der Waals surface area contributed by atoms with Crippen LogP contribution in [0.3, 0.4) is 0 Å². The average molecular weight is 249 g/mol. The summed E-state index contributed by atoms with van der Waals surface area (Å²) in [5, 5.41) is 13.1. The Balaban J connectivity index is 1.88. The molecule has 2 atom stereocenters. The minimum Gasteiger partial charge on any atom is -0.468 e. The van der Waals surface area contributed by atoms with Gasteiger partial charge in [0.15, 0.2) is 0 Å². The van der Waals surface area contributed by atoms with Gasteiger partial charge in [-0.05, 0) is 36.8 Å². The zero-order valence-corrected chi connectivity index (χ0v) is 10.1. The van der Waals surface area contributed by atoms with Crippen LogP contribution in [0.5, 0.6) is 0 Å². The van der Waals surface area contributed by atoms with E-state index in [0.717, 1.165) is 5.76 Å². The molecular weight excluding hydrogens is 233 g/mol. The molecule has 4 heteroatoms. The Morgan fingerprint density at radius 3 is 2.61 bits per heavy atom. The van der Waals surface area contributed by atoms with Gasteiger partial charge in [0.25, 0.3) is 0 Å². The van der Waals surface area contributed by atoms with E-state index in [1.54, 1.807) is 18.4 Å². The van der Waals surface area contributed by atoms with Gasteiger partial charge in [0.1, 0.15) is 11.6 Å². The Morgan fingerprint density at radius 1 is 1.28 bits per heavy atom. The van der Waals surface area contributed by atoms with Crippen molar-refractivity contribution in [3.8, 4) is 0 Å². The summed E-state index contributed by atoms with van der Waals surface area (Å²) in [4.78, 5) is 0. The summed E-state index contributed by atoms with van der Waals surface area (Å²) in [6.45, 7) is 2.34. The van der Waals surface area contributed by atoms with Gasteiger partial charge in [-0.15, -0.1) is 0 Å². The standard InChI is InChI=1S/C14H16FNO2/c1-10(14-3-2-8-18-14)16-9-13(17)11-4-6-12(15)7-5-11/h2-8,10,13,16-17H,9H2,1H3/t10-,13?/m1/s1. The topological polar surface area (TPSA) is 45.4 Å². The van der Waals surface area contributed by atoms with E-state index in [4.69, 9.17) is 4.42 Å². The normalized spacial score (nSPS) is 14.4. The number of aliphatic hydroxyl groups excluding tert-OH is 1. The molecule has 18 heavy (non-hydrogen) atoms. The first-order valence-electron chi connectivity index (χ1n) is 5.87. The molecule has 0 spiro atoms. The summed E-state index contributed by atoms with van der Waals surface area (Å²) in [5.41, 5.74) is 0.690. The highest BCUT2D eigenvalue weighted by atomic mass is 19.1. The van der Waals surface area contributed by atoms with Crippen LogP contribution in [0, 0.1) is 5.82 Å². The highest BCUT2D eigenvalue weighted by Gasteiger charge is 2.12. The van der Waals surface area contributed by atoms with Crippen LogP contribution in [0.4, 0.5) is 4.39 Å². The lowest BCUT2D eigenvalue weighted by atomic mass is 10.1. The van der Waals surface area contributed by atoms with Crippen LogP contribution in [0.1, 0.15) is 30.4 Å². The molecule has 0 saturated heterocycles. The fourth-order valence-corrected chi connectivity index (χ4v) is 1.73. The van der Waals surface area contributed by atoms with Gasteiger partial charge in [-0.25, -0.2) is 4.39 Å². The van der Waals surface area contributed by atoms with Gasteiger partial charge in [0.05, 0.1) is 18.4 Å². The number of nitrogens with one attached hydrogen (secondary N) is 1. The second-order valence-electron chi connectivity index (χ2n) is 4.21. The first kappa shape index (κ1) is 12.8. The predicted molar refractivity (Wildman–Crippen MR) is 66.5 cm³/mol. The fraction of sp³-hybridized carbons (Fsp3) is 0.286. The van der Waals surface area contributed by atoms with E-state index < -0.39 is 6.10 Å². The maximum Gasteiger partial charge on any atom is 0.123 e. The van der Waals surface area contributed by atoms with Crippen LogP contribution in [0.15, 0.2) is 47.1 Å². The molecule has 0 aliphatic rings. The van der Waals surface area contributed by atoms with Crippen molar-refractivity contribution in [3.05, 3.63) is 59.8 Å². The quantitative estimate of drug-likeness (QED) is 0.856. The maximum atomic E-state index is 12.7. The van der Waals surface area contributed by atoms with Gasteiger partial charge >= 0.3 is 0 Å². The molecule has 2 N–H and O–H groups in total. The van der Waals surface area contributed by atoms with Crippen molar-refractivity contribution in [1.29, 1.82) is 0 Å². The number of aliphatic hydroxyl groups is 1. The van der Waals surface area contributed by atoms with Gasteiger partial charge in [-0.3, -0.25) is 0 Å². The second-order valence-corrected chi connectivity index (χ2v) is 4.21. The summed E-state index contributed by atoms with van der Waals surface area (Å²) in [7, 11) is 0. The molecule has 1 heterocycles. The van der Waals surface area contributed by atoms with Crippen LogP contribution in [-0.4, -0.2) is 11.7 Å². The molecule has 0 amide bonds. The van der Waals surface area contributed by atoms with E-state index in [-0.39, 0.29) is 11.9 Å². The van der Waals surface area contributed by atoms with Crippen molar-refractivity contribution in [2.75, 3.05) is 6.54 Å². The van der Waals surface area contributed by atoms with Gasteiger partial charge in [-0.1, -0.05) is 12.1 Å². The lowest BCUT2D eigenvalue weighted by Gasteiger charge is -2.15. The van der Waals surface area contributed by atoms with Crippen LogP contribution in [-0.2, 0) is 0 Å². The number of furan rings is 1. The summed E-state index contributed by atoms with van der Waals surface area (Å²) in [6.07, 6.45) is 0.951. The Morgan fingerprint density at radius 2 is 2.00 bits per heavy atom. The molecule has 0 radical (unpaired) electrons. The largest absolute Gasteiger partial charge is 0.468 e. The minimum atomic E-state index is -0.664. The summed E-state index contributed by atoms with van der Waals surface area (Å²) in [5.74, 6) is 0.518. The number of hydrogen-bond acceptors (Lipinski definition) is 3. The SMILES string of the molecule is C[C@@H](NCC(O)c1ccc(F)cc1)c1ccco1. The van der Waals surface area contributed by atoms with E-state index in [1.807, 2.05) is 19.1 Å². The Bertz CT molecular complexity index is 467. The summed E-state index contributed by atoms with van der Waals surface area (Å²) in [6, 6.07) is 9.57. The van der Waals surface area contributed by atoms with Crippen molar-refractivity contribution in [2.24, 2.45) is 0 Å². The molecule has 96 valence electrons. The molecule has 0 fully saturated rings. The summed E-state index contributed by atoms with van der Waals surface area (Å²) >= 11 is 0. The third kappa shape index (κ3) is 3.18. The molecule has 2 aromatic rings. The first-order valence-corrected chi connectivity index (χ1v) is 5.87. The molecule has 1 aromatic heterocycles. The minimum absolute atomic E-state index is 0.0232. The van der Waals surface area contributed by atoms with E-state index in [9.17, 15) is 9.50 Å². The third-order valence-corrected chi connectivity index (χ3v) is 2.84. The van der Waals surface area contributed by atoms with Crippen molar-refractivity contribution < 1.29 is 13.9 Å². The number of hydrogen-bond donors (Lipinski definition) is 2. The second kappa shape index (κ2) is 5.80. The van der Waals surface area contributed by atoms with Gasteiger partial charge in [-0.2, -0.15) is 0 Å². The Hall–Kier alpha value is -1.65. The smallest absolute Gasteiger partial charge is 0.123 e. The highest BCUT2D eigenvalue weighted by molar-refractivity contribution is 5.18. The molecule has 3 nitrogen and oxygen atoms in total. The van der Waals surface area contributed by atoms with Gasteiger partial charge < -0.3 is 14.8 Å². The molecule has 0 saturated carbocycles. The predicted octanol–water partition coefficient (Wildman–Crippen LogP) is 2.80. The number of rotatable bonds is 5. The monoisotopic (exact) mass is 249 g/mol. The zero-order chi connectivity index (χ0) is 13.0. The van der Waals surface area contributed by atoms with Crippen molar-refractivity contribution in [1.82, 2.24) is 5.32 Å². The zero-order valence-electron chi connectivity index (χ0n) is 10.1. The molecule has 2 rings (SSSR count).